The quantitative estimate of drug-likeness (QED) is 0.503. The maximum Gasteiger partial charge on any atom is 0.224 e. The van der Waals surface area contributed by atoms with Crippen LogP contribution in [0.25, 0.3) is 0 Å². The van der Waals surface area contributed by atoms with E-state index in [4.69, 9.17) is 0 Å². The number of aromatic hydroxyl groups is 1. The summed E-state index contributed by atoms with van der Waals surface area (Å²) in [4.78, 5) is 11.8. The summed E-state index contributed by atoms with van der Waals surface area (Å²) in [6.45, 7) is 0. The van der Waals surface area contributed by atoms with E-state index in [1.54, 1.807) is 18.2 Å². The summed E-state index contributed by atoms with van der Waals surface area (Å²) in [6, 6.07) is 4.93. The minimum Gasteiger partial charge on any atom is -0.508 e. The van der Waals surface area contributed by atoms with Crippen LogP contribution in [-0.2, 0) is 4.79 Å². The van der Waals surface area contributed by atoms with Crippen LogP contribution in [-0.4, -0.2) is 11.0 Å². The summed E-state index contributed by atoms with van der Waals surface area (Å²) < 4.78 is 0.845. The van der Waals surface area contributed by atoms with Gasteiger partial charge in [-0.2, -0.15) is 0 Å². The highest BCUT2D eigenvalue weighted by Crippen LogP contribution is 2.24. The lowest BCUT2D eigenvalue weighted by Crippen LogP contribution is -2.15. The second-order valence-corrected chi connectivity index (χ2v) is 5.34. The second-order valence-electron chi connectivity index (χ2n) is 4.18. The first-order chi connectivity index (χ1) is 8.15. The number of amides is 1. The molecule has 1 atom stereocenters. The van der Waals surface area contributed by atoms with E-state index in [-0.39, 0.29) is 11.7 Å². The van der Waals surface area contributed by atoms with Gasteiger partial charge >= 0.3 is 0 Å². The Kier molecular flexibility index (Phi) is 4.04. The molecule has 0 bridgehead atoms. The van der Waals surface area contributed by atoms with Crippen molar-refractivity contribution in [2.24, 2.45) is 5.92 Å². The molecule has 0 fully saturated rings. The molecule has 1 aliphatic carbocycles. The molecule has 2 N–H and O–H groups in total. The number of anilines is 1. The van der Waals surface area contributed by atoms with Gasteiger partial charge in [-0.25, -0.2) is 0 Å². The maximum atomic E-state index is 11.8. The molecule has 0 aliphatic heterocycles. The van der Waals surface area contributed by atoms with Crippen LogP contribution in [0.2, 0.25) is 0 Å². The molecule has 90 valence electrons. The molecule has 3 nitrogen and oxygen atoms in total. The van der Waals surface area contributed by atoms with Gasteiger partial charge < -0.3 is 10.4 Å². The van der Waals surface area contributed by atoms with Gasteiger partial charge in [-0.1, -0.05) is 12.2 Å². The van der Waals surface area contributed by atoms with Crippen molar-refractivity contribution >= 4 is 34.2 Å². The average molecular weight is 343 g/mol. The number of allylic oxidation sites excluding steroid dienone is 2. The number of hydrogen-bond acceptors (Lipinski definition) is 2. The Morgan fingerprint density at radius 1 is 1.53 bits per heavy atom. The van der Waals surface area contributed by atoms with Crippen LogP contribution in [0.15, 0.2) is 30.4 Å². The lowest BCUT2D eigenvalue weighted by molar-refractivity contribution is -0.116. The minimum atomic E-state index is 0.0326. The standard InChI is InChI=1S/C13H14INO2/c14-11-8-10(16)5-6-12(11)15-13(17)7-9-3-1-2-4-9/h1,3,5-6,8-9,16H,2,4,7H2,(H,15,17)/t9-/m1/s1. The van der Waals surface area contributed by atoms with Crippen molar-refractivity contribution < 1.29 is 9.90 Å². The predicted molar refractivity (Wildman–Crippen MR) is 75.9 cm³/mol. The van der Waals surface area contributed by atoms with Gasteiger partial charge in [0.2, 0.25) is 5.91 Å². The number of halogens is 1. The first-order valence-corrected chi connectivity index (χ1v) is 6.68. The zero-order valence-electron chi connectivity index (χ0n) is 9.32. The molecule has 2 rings (SSSR count). The van der Waals surface area contributed by atoms with Crippen LogP contribution in [0.3, 0.4) is 0 Å². The normalized spacial score (nSPS) is 18.3. The molecular weight excluding hydrogens is 329 g/mol. The number of hydrogen-bond donors (Lipinski definition) is 2. The molecule has 1 amide bonds. The minimum absolute atomic E-state index is 0.0326. The van der Waals surface area contributed by atoms with E-state index in [0.29, 0.717) is 12.3 Å². The molecule has 1 aromatic rings. The topological polar surface area (TPSA) is 49.3 Å². The van der Waals surface area contributed by atoms with E-state index in [2.05, 4.69) is 40.1 Å². The van der Waals surface area contributed by atoms with Gasteiger partial charge in [0.05, 0.1) is 5.69 Å². The zero-order chi connectivity index (χ0) is 12.3. The summed E-state index contributed by atoms with van der Waals surface area (Å²) in [5, 5.41) is 12.1. The number of phenolic OH excluding ortho intramolecular Hbond substituents is 1. The van der Waals surface area contributed by atoms with E-state index in [1.807, 2.05) is 0 Å². The largest absolute Gasteiger partial charge is 0.508 e. The average Bonchev–Trinajstić information content (AvgIpc) is 2.75. The monoisotopic (exact) mass is 343 g/mol. The molecule has 0 unspecified atom stereocenters. The Morgan fingerprint density at radius 2 is 2.35 bits per heavy atom. The van der Waals surface area contributed by atoms with Crippen molar-refractivity contribution in [2.75, 3.05) is 5.32 Å². The van der Waals surface area contributed by atoms with Gasteiger partial charge in [0.15, 0.2) is 0 Å². The molecule has 4 heteroatoms. The first-order valence-electron chi connectivity index (χ1n) is 5.60. The Bertz CT molecular complexity index is 457. The molecular formula is C13H14INO2. The first kappa shape index (κ1) is 12.4. The number of benzene rings is 1. The third kappa shape index (κ3) is 3.46. The van der Waals surface area contributed by atoms with E-state index < -0.39 is 0 Å². The van der Waals surface area contributed by atoms with Crippen molar-refractivity contribution in [1.82, 2.24) is 0 Å². The highest BCUT2D eigenvalue weighted by Gasteiger charge is 2.14. The van der Waals surface area contributed by atoms with Crippen LogP contribution >= 0.6 is 22.6 Å². The van der Waals surface area contributed by atoms with Gasteiger partial charge in [-0.15, -0.1) is 0 Å². The van der Waals surface area contributed by atoms with Crippen LogP contribution in [0.5, 0.6) is 5.75 Å². The van der Waals surface area contributed by atoms with Crippen molar-refractivity contribution in [3.63, 3.8) is 0 Å². The van der Waals surface area contributed by atoms with E-state index >= 15 is 0 Å². The highest BCUT2D eigenvalue weighted by molar-refractivity contribution is 14.1. The summed E-state index contributed by atoms with van der Waals surface area (Å²) in [7, 11) is 0. The molecule has 17 heavy (non-hydrogen) atoms. The zero-order valence-corrected chi connectivity index (χ0v) is 11.5. The molecule has 1 aliphatic rings. The van der Waals surface area contributed by atoms with E-state index in [1.165, 1.54) is 0 Å². The maximum absolute atomic E-state index is 11.8. The van der Waals surface area contributed by atoms with Gasteiger partial charge in [0, 0.05) is 9.99 Å². The number of carbonyl (C=O) groups is 1. The Balaban J connectivity index is 1.95. The number of carbonyl (C=O) groups excluding carboxylic acids is 1. The smallest absolute Gasteiger partial charge is 0.224 e. The fourth-order valence-electron chi connectivity index (χ4n) is 1.91. The second kappa shape index (κ2) is 5.53. The molecule has 0 saturated heterocycles. The van der Waals surface area contributed by atoms with E-state index in [0.717, 1.165) is 22.1 Å². The van der Waals surface area contributed by atoms with Crippen molar-refractivity contribution in [3.05, 3.63) is 33.9 Å². The Hall–Kier alpha value is -1.04. The highest BCUT2D eigenvalue weighted by atomic mass is 127. The number of phenols is 1. The molecule has 0 heterocycles. The van der Waals surface area contributed by atoms with Gasteiger partial charge in [-0.05, 0) is 59.5 Å². The number of rotatable bonds is 3. The molecule has 0 radical (unpaired) electrons. The lowest BCUT2D eigenvalue weighted by Gasteiger charge is -2.10. The van der Waals surface area contributed by atoms with Crippen LogP contribution in [0, 0.1) is 9.49 Å². The fraction of sp³-hybridized carbons (Fsp3) is 0.308. The molecule has 0 spiro atoms. The van der Waals surface area contributed by atoms with Gasteiger partial charge in [-0.3, -0.25) is 4.79 Å². The summed E-state index contributed by atoms with van der Waals surface area (Å²) in [5.41, 5.74) is 0.760. The molecule has 1 aromatic carbocycles. The van der Waals surface area contributed by atoms with Crippen molar-refractivity contribution in [1.29, 1.82) is 0 Å². The van der Waals surface area contributed by atoms with Gasteiger partial charge in [0.1, 0.15) is 5.75 Å². The molecule has 0 saturated carbocycles. The van der Waals surface area contributed by atoms with Crippen molar-refractivity contribution in [3.8, 4) is 5.75 Å². The SMILES string of the molecule is O=C(C[C@@H]1C=CCC1)Nc1ccc(O)cc1I. The third-order valence-corrected chi connectivity index (χ3v) is 3.68. The Labute approximate surface area is 114 Å². The predicted octanol–water partition coefficient (Wildman–Crippen LogP) is 3.29. The lowest BCUT2D eigenvalue weighted by atomic mass is 10.1. The van der Waals surface area contributed by atoms with E-state index in [9.17, 15) is 9.90 Å². The van der Waals surface area contributed by atoms with Crippen LogP contribution in [0.4, 0.5) is 5.69 Å². The third-order valence-electron chi connectivity index (χ3n) is 2.79. The number of nitrogens with one attached hydrogen (secondary N) is 1. The summed E-state index contributed by atoms with van der Waals surface area (Å²) >= 11 is 2.10. The summed E-state index contributed by atoms with van der Waals surface area (Å²) in [6.07, 6.45) is 6.92. The van der Waals surface area contributed by atoms with Crippen molar-refractivity contribution in [2.45, 2.75) is 19.3 Å². The fourth-order valence-corrected chi connectivity index (χ4v) is 2.54. The van der Waals surface area contributed by atoms with Crippen LogP contribution < -0.4 is 5.32 Å². The van der Waals surface area contributed by atoms with Crippen LogP contribution in [0.1, 0.15) is 19.3 Å². The molecule has 0 aromatic heterocycles. The Morgan fingerprint density at radius 3 is 3.00 bits per heavy atom. The van der Waals surface area contributed by atoms with Gasteiger partial charge in [0.25, 0.3) is 0 Å². The summed E-state index contributed by atoms with van der Waals surface area (Å²) in [5.74, 6) is 0.626.